The molecule has 1 aromatic heterocycles. The molecule has 0 amide bonds. The second kappa shape index (κ2) is 3.72. The molecule has 0 bridgehead atoms. The van der Waals surface area contributed by atoms with Gasteiger partial charge in [-0.1, -0.05) is 12.2 Å². The van der Waals surface area contributed by atoms with Crippen molar-refractivity contribution in [2.75, 3.05) is 0 Å². The van der Waals surface area contributed by atoms with Crippen molar-refractivity contribution < 1.29 is 0 Å². The molecule has 1 heterocycles. The number of thiophene rings is 1. The number of hydrogen-bond acceptors (Lipinski definition) is 1. The maximum atomic E-state index is 2.28. The van der Waals surface area contributed by atoms with Gasteiger partial charge in [0.05, 0.1) is 0 Å². The average molecular weight is 166 g/mol. The van der Waals surface area contributed by atoms with Gasteiger partial charge in [0.2, 0.25) is 0 Å². The molecule has 0 aliphatic carbocycles. The van der Waals surface area contributed by atoms with Crippen molar-refractivity contribution in [1.29, 1.82) is 0 Å². The van der Waals surface area contributed by atoms with Crippen molar-refractivity contribution in [3.8, 4) is 0 Å². The fraction of sp³-hybridized carbons (Fsp3) is 0.400. The van der Waals surface area contributed by atoms with Crippen molar-refractivity contribution in [2.45, 2.75) is 27.2 Å². The highest BCUT2D eigenvalue weighted by Crippen LogP contribution is 2.20. The van der Waals surface area contributed by atoms with Crippen LogP contribution in [0.4, 0.5) is 0 Å². The standard InChI is InChI=1S/C10H14S/c1-4-5-6-10-7-8(2)9(3)11-10/h4-5,7H,6H2,1-3H3/b5-4+. The van der Waals surface area contributed by atoms with Gasteiger partial charge in [0.1, 0.15) is 0 Å². The molecule has 0 spiro atoms. The van der Waals surface area contributed by atoms with Gasteiger partial charge in [-0.3, -0.25) is 0 Å². The molecule has 0 aliphatic rings. The third-order valence-electron chi connectivity index (χ3n) is 1.77. The second-order valence-corrected chi connectivity index (χ2v) is 4.07. The van der Waals surface area contributed by atoms with Crippen LogP contribution in [0.3, 0.4) is 0 Å². The molecule has 11 heavy (non-hydrogen) atoms. The van der Waals surface area contributed by atoms with E-state index < -0.39 is 0 Å². The van der Waals surface area contributed by atoms with Crippen LogP contribution in [0.25, 0.3) is 0 Å². The van der Waals surface area contributed by atoms with Gasteiger partial charge in [-0.25, -0.2) is 0 Å². The maximum absolute atomic E-state index is 2.28. The van der Waals surface area contributed by atoms with Gasteiger partial charge in [-0.05, 0) is 38.8 Å². The van der Waals surface area contributed by atoms with E-state index >= 15 is 0 Å². The summed E-state index contributed by atoms with van der Waals surface area (Å²) in [6.07, 6.45) is 5.39. The summed E-state index contributed by atoms with van der Waals surface area (Å²) in [5, 5.41) is 0. The summed E-state index contributed by atoms with van der Waals surface area (Å²) < 4.78 is 0. The topological polar surface area (TPSA) is 0 Å². The number of aryl methyl sites for hydroxylation is 2. The summed E-state index contributed by atoms with van der Waals surface area (Å²) in [4.78, 5) is 2.92. The predicted molar refractivity (Wildman–Crippen MR) is 52.3 cm³/mol. The lowest BCUT2D eigenvalue weighted by atomic mass is 10.2. The molecule has 0 atom stereocenters. The van der Waals surface area contributed by atoms with Crippen molar-refractivity contribution in [1.82, 2.24) is 0 Å². The van der Waals surface area contributed by atoms with Gasteiger partial charge in [0.15, 0.2) is 0 Å². The Morgan fingerprint density at radius 2 is 2.18 bits per heavy atom. The lowest BCUT2D eigenvalue weighted by Gasteiger charge is -1.84. The molecule has 0 aliphatic heterocycles. The Morgan fingerprint density at radius 3 is 2.64 bits per heavy atom. The van der Waals surface area contributed by atoms with E-state index in [2.05, 4.69) is 39.0 Å². The Balaban J connectivity index is 2.72. The lowest BCUT2D eigenvalue weighted by Crippen LogP contribution is -1.69. The lowest BCUT2D eigenvalue weighted by molar-refractivity contribution is 1.32. The minimum Gasteiger partial charge on any atom is -0.145 e. The summed E-state index contributed by atoms with van der Waals surface area (Å²) in [7, 11) is 0. The van der Waals surface area contributed by atoms with Crippen molar-refractivity contribution in [3.05, 3.63) is 33.5 Å². The first-order valence-corrected chi connectivity index (χ1v) is 4.72. The molecule has 0 radical (unpaired) electrons. The third kappa shape index (κ3) is 2.19. The smallest absolute Gasteiger partial charge is 0.00884 e. The van der Waals surface area contributed by atoms with Gasteiger partial charge in [-0.2, -0.15) is 0 Å². The Labute approximate surface area is 72.6 Å². The Morgan fingerprint density at radius 1 is 1.45 bits per heavy atom. The van der Waals surface area contributed by atoms with Crippen LogP contribution in [0.5, 0.6) is 0 Å². The minimum absolute atomic E-state index is 1.09. The molecular weight excluding hydrogens is 152 g/mol. The monoisotopic (exact) mass is 166 g/mol. The third-order valence-corrected chi connectivity index (χ3v) is 2.95. The Bertz CT molecular complexity index is 236. The number of allylic oxidation sites excluding steroid dienone is 2. The molecule has 60 valence electrons. The summed E-state index contributed by atoms with van der Waals surface area (Å²) in [5.74, 6) is 0. The van der Waals surface area contributed by atoms with Crippen LogP contribution < -0.4 is 0 Å². The molecule has 1 aromatic rings. The zero-order chi connectivity index (χ0) is 8.27. The van der Waals surface area contributed by atoms with Crippen molar-refractivity contribution in [3.63, 3.8) is 0 Å². The number of rotatable bonds is 2. The van der Waals surface area contributed by atoms with Crippen LogP contribution in [0.2, 0.25) is 0 Å². The van der Waals surface area contributed by atoms with Crippen LogP contribution in [0.1, 0.15) is 22.2 Å². The van der Waals surface area contributed by atoms with Crippen molar-refractivity contribution in [2.24, 2.45) is 0 Å². The zero-order valence-corrected chi connectivity index (χ0v) is 8.16. The molecule has 0 unspecified atom stereocenters. The average Bonchev–Trinajstić information content (AvgIpc) is 2.28. The molecule has 1 rings (SSSR count). The van der Waals surface area contributed by atoms with E-state index in [0.717, 1.165) is 6.42 Å². The summed E-state index contributed by atoms with van der Waals surface area (Å²) in [5.41, 5.74) is 1.43. The molecule has 0 N–H and O–H groups in total. The number of hydrogen-bond donors (Lipinski definition) is 0. The summed E-state index contributed by atoms with van der Waals surface area (Å²) in [6, 6.07) is 2.28. The normalized spacial score (nSPS) is 11.2. The van der Waals surface area contributed by atoms with E-state index in [1.54, 1.807) is 0 Å². The second-order valence-electron chi connectivity index (χ2n) is 2.73. The molecule has 0 saturated carbocycles. The van der Waals surface area contributed by atoms with E-state index in [9.17, 15) is 0 Å². The molecule has 0 saturated heterocycles. The van der Waals surface area contributed by atoms with Gasteiger partial charge in [0, 0.05) is 9.75 Å². The Hall–Kier alpha value is -0.560. The molecule has 0 nitrogen and oxygen atoms in total. The van der Waals surface area contributed by atoms with Gasteiger partial charge >= 0.3 is 0 Å². The van der Waals surface area contributed by atoms with Crippen LogP contribution in [0.15, 0.2) is 18.2 Å². The SMILES string of the molecule is C/C=C/Cc1cc(C)c(C)s1. The Kier molecular flexibility index (Phi) is 2.89. The van der Waals surface area contributed by atoms with E-state index in [0.29, 0.717) is 0 Å². The van der Waals surface area contributed by atoms with Gasteiger partial charge in [-0.15, -0.1) is 11.3 Å². The highest BCUT2D eigenvalue weighted by atomic mass is 32.1. The predicted octanol–water partition coefficient (Wildman–Crippen LogP) is 3.48. The molecule has 1 heteroatoms. The van der Waals surface area contributed by atoms with Crippen LogP contribution in [-0.4, -0.2) is 0 Å². The molecule has 0 aromatic carbocycles. The highest BCUT2D eigenvalue weighted by molar-refractivity contribution is 7.12. The van der Waals surface area contributed by atoms with Gasteiger partial charge < -0.3 is 0 Å². The zero-order valence-electron chi connectivity index (χ0n) is 7.35. The molecular formula is C10H14S. The van der Waals surface area contributed by atoms with Crippen LogP contribution in [0, 0.1) is 13.8 Å². The highest BCUT2D eigenvalue weighted by Gasteiger charge is 1.98. The summed E-state index contributed by atoms with van der Waals surface area (Å²) in [6.45, 7) is 6.41. The fourth-order valence-electron chi connectivity index (χ4n) is 0.984. The van der Waals surface area contributed by atoms with Gasteiger partial charge in [0.25, 0.3) is 0 Å². The summed E-state index contributed by atoms with van der Waals surface area (Å²) >= 11 is 1.90. The molecule has 0 fully saturated rings. The fourth-order valence-corrected chi connectivity index (χ4v) is 2.01. The van der Waals surface area contributed by atoms with Crippen LogP contribution in [-0.2, 0) is 6.42 Å². The quantitative estimate of drug-likeness (QED) is 0.590. The van der Waals surface area contributed by atoms with E-state index in [4.69, 9.17) is 0 Å². The van der Waals surface area contributed by atoms with E-state index in [1.807, 2.05) is 11.3 Å². The first kappa shape index (κ1) is 8.54. The first-order chi connectivity index (χ1) is 5.24. The maximum Gasteiger partial charge on any atom is 0.00884 e. The first-order valence-electron chi connectivity index (χ1n) is 3.91. The minimum atomic E-state index is 1.09. The van der Waals surface area contributed by atoms with E-state index in [1.165, 1.54) is 15.3 Å². The van der Waals surface area contributed by atoms with Crippen LogP contribution >= 0.6 is 11.3 Å². The largest absolute Gasteiger partial charge is 0.145 e. The van der Waals surface area contributed by atoms with E-state index in [-0.39, 0.29) is 0 Å². The van der Waals surface area contributed by atoms with Crippen molar-refractivity contribution >= 4 is 11.3 Å².